The average Bonchev–Trinajstić information content (AvgIpc) is 2.71. The molecule has 0 aromatic heterocycles. The van der Waals surface area contributed by atoms with Crippen molar-refractivity contribution in [3.8, 4) is 11.5 Å². The molecule has 4 nitrogen and oxygen atoms in total. The number of rotatable bonds is 9. The van der Waals surface area contributed by atoms with Gasteiger partial charge < -0.3 is 14.3 Å². The first-order valence-electron chi connectivity index (χ1n) is 8.64. The zero-order valence-corrected chi connectivity index (χ0v) is 14.6. The van der Waals surface area contributed by atoms with Crippen molar-refractivity contribution >= 4 is 0 Å². The number of hydrogen-bond acceptors (Lipinski definition) is 4. The zero-order chi connectivity index (χ0) is 18.0. The van der Waals surface area contributed by atoms with Gasteiger partial charge in [-0.25, -0.2) is 5.90 Å². The molecule has 0 unspecified atom stereocenters. The number of benzene rings is 3. The number of para-hydroxylation sites is 1. The quantitative estimate of drug-likeness (QED) is 0.586. The molecule has 3 aromatic rings. The zero-order valence-electron chi connectivity index (χ0n) is 14.6. The molecule has 0 atom stereocenters. The van der Waals surface area contributed by atoms with Gasteiger partial charge in [-0.2, -0.15) is 0 Å². The first-order valence-corrected chi connectivity index (χ1v) is 8.64. The Labute approximate surface area is 154 Å². The summed E-state index contributed by atoms with van der Waals surface area (Å²) in [7, 11) is 0. The van der Waals surface area contributed by atoms with Crippen LogP contribution in [0.3, 0.4) is 0 Å². The molecule has 0 radical (unpaired) electrons. The summed E-state index contributed by atoms with van der Waals surface area (Å²) in [6, 6.07) is 26.0. The monoisotopic (exact) mass is 349 g/mol. The molecule has 3 rings (SSSR count). The fourth-order valence-electron chi connectivity index (χ4n) is 2.67. The minimum atomic E-state index is 0.420. The second kappa shape index (κ2) is 9.61. The first kappa shape index (κ1) is 18.0. The molecule has 0 amide bonds. The maximum atomic E-state index is 6.12. The van der Waals surface area contributed by atoms with E-state index in [9.17, 15) is 0 Å². The van der Waals surface area contributed by atoms with E-state index in [0.717, 1.165) is 28.2 Å². The Morgan fingerprint density at radius 1 is 0.654 bits per heavy atom. The molecule has 3 aromatic carbocycles. The van der Waals surface area contributed by atoms with Crippen LogP contribution in [0, 0.1) is 0 Å². The third-order valence-electron chi connectivity index (χ3n) is 4.01. The lowest BCUT2D eigenvalue weighted by molar-refractivity contribution is 0.140. The highest BCUT2D eigenvalue weighted by Crippen LogP contribution is 2.33. The van der Waals surface area contributed by atoms with Crippen molar-refractivity contribution in [1.82, 2.24) is 0 Å². The lowest BCUT2D eigenvalue weighted by Crippen LogP contribution is -2.07. The van der Waals surface area contributed by atoms with Gasteiger partial charge in [0.25, 0.3) is 0 Å². The van der Waals surface area contributed by atoms with Crippen molar-refractivity contribution in [1.29, 1.82) is 0 Å². The van der Waals surface area contributed by atoms with Gasteiger partial charge in [0.15, 0.2) is 11.5 Å². The second-order valence-corrected chi connectivity index (χ2v) is 5.91. The summed E-state index contributed by atoms with van der Waals surface area (Å²) in [4.78, 5) is 4.74. The summed E-state index contributed by atoms with van der Waals surface area (Å²) < 4.78 is 12.2. The first-order chi connectivity index (χ1) is 12.9. The lowest BCUT2D eigenvalue weighted by atomic mass is 10.1. The molecule has 2 N–H and O–H groups in total. The van der Waals surface area contributed by atoms with E-state index in [-0.39, 0.29) is 0 Å². The SMILES string of the molecule is NOCCc1cccc(OCc2ccccc2)c1OCc1ccccc1. The summed E-state index contributed by atoms with van der Waals surface area (Å²) in [5.41, 5.74) is 3.22. The van der Waals surface area contributed by atoms with Crippen LogP contribution in [-0.4, -0.2) is 6.61 Å². The van der Waals surface area contributed by atoms with Gasteiger partial charge in [0.05, 0.1) is 6.61 Å². The molecule has 0 spiro atoms. The van der Waals surface area contributed by atoms with Crippen LogP contribution in [-0.2, 0) is 24.5 Å². The Bertz CT molecular complexity index is 791. The highest BCUT2D eigenvalue weighted by atomic mass is 16.6. The minimum Gasteiger partial charge on any atom is -0.485 e. The third kappa shape index (κ3) is 5.09. The number of ether oxygens (including phenoxy) is 2. The Hall–Kier alpha value is -2.82. The van der Waals surface area contributed by atoms with E-state index in [1.807, 2.05) is 78.9 Å². The van der Waals surface area contributed by atoms with Gasteiger partial charge in [-0.15, -0.1) is 0 Å². The second-order valence-electron chi connectivity index (χ2n) is 5.91. The smallest absolute Gasteiger partial charge is 0.164 e. The van der Waals surface area contributed by atoms with Crippen molar-refractivity contribution in [2.75, 3.05) is 6.61 Å². The van der Waals surface area contributed by atoms with Gasteiger partial charge in [-0.1, -0.05) is 72.8 Å². The average molecular weight is 349 g/mol. The maximum absolute atomic E-state index is 6.12. The lowest BCUT2D eigenvalue weighted by Gasteiger charge is -2.16. The maximum Gasteiger partial charge on any atom is 0.164 e. The largest absolute Gasteiger partial charge is 0.485 e. The van der Waals surface area contributed by atoms with Gasteiger partial charge in [0, 0.05) is 12.0 Å². The van der Waals surface area contributed by atoms with E-state index >= 15 is 0 Å². The highest BCUT2D eigenvalue weighted by Gasteiger charge is 2.12. The third-order valence-corrected chi connectivity index (χ3v) is 4.01. The van der Waals surface area contributed by atoms with Gasteiger partial charge in [-0.3, -0.25) is 0 Å². The predicted molar refractivity (Wildman–Crippen MR) is 102 cm³/mol. The van der Waals surface area contributed by atoms with Crippen LogP contribution in [0.2, 0.25) is 0 Å². The van der Waals surface area contributed by atoms with Crippen LogP contribution in [0.5, 0.6) is 11.5 Å². The van der Waals surface area contributed by atoms with Gasteiger partial charge in [0.2, 0.25) is 0 Å². The molecule has 4 heteroatoms. The molecule has 0 aliphatic heterocycles. The summed E-state index contributed by atoms with van der Waals surface area (Å²) in [6.07, 6.45) is 0.656. The topological polar surface area (TPSA) is 53.7 Å². The molecular formula is C22H23NO3. The molecule has 0 saturated carbocycles. The van der Waals surface area contributed by atoms with Gasteiger partial charge >= 0.3 is 0 Å². The molecule has 0 heterocycles. The van der Waals surface area contributed by atoms with E-state index in [1.165, 1.54) is 0 Å². The Kier molecular flexibility index (Phi) is 6.65. The Morgan fingerprint density at radius 2 is 1.27 bits per heavy atom. The summed E-state index contributed by atoms with van der Waals surface area (Å²) in [5.74, 6) is 6.65. The van der Waals surface area contributed by atoms with Gasteiger partial charge in [-0.05, 0) is 17.2 Å². The molecule has 0 fully saturated rings. The minimum absolute atomic E-state index is 0.420. The molecular weight excluding hydrogens is 326 g/mol. The number of nitrogens with two attached hydrogens (primary N) is 1. The highest BCUT2D eigenvalue weighted by molar-refractivity contribution is 5.47. The Balaban J connectivity index is 1.77. The van der Waals surface area contributed by atoms with Crippen molar-refractivity contribution < 1.29 is 14.3 Å². The van der Waals surface area contributed by atoms with E-state index in [1.54, 1.807) is 0 Å². The van der Waals surface area contributed by atoms with Crippen LogP contribution < -0.4 is 15.4 Å². The molecule has 0 saturated heterocycles. The number of hydrogen-bond donors (Lipinski definition) is 1. The normalized spacial score (nSPS) is 10.5. The predicted octanol–water partition coefficient (Wildman–Crippen LogP) is 4.28. The van der Waals surface area contributed by atoms with Crippen LogP contribution in [0.25, 0.3) is 0 Å². The van der Waals surface area contributed by atoms with E-state index in [0.29, 0.717) is 26.2 Å². The summed E-state index contributed by atoms with van der Waals surface area (Å²) >= 11 is 0. The van der Waals surface area contributed by atoms with Crippen molar-refractivity contribution in [3.63, 3.8) is 0 Å². The molecule has 0 aliphatic rings. The van der Waals surface area contributed by atoms with E-state index < -0.39 is 0 Å². The molecule has 134 valence electrons. The Morgan fingerprint density at radius 3 is 1.88 bits per heavy atom. The summed E-state index contributed by atoms with van der Waals surface area (Å²) in [6.45, 7) is 1.38. The van der Waals surface area contributed by atoms with Crippen LogP contribution in [0.1, 0.15) is 16.7 Å². The molecule has 0 aliphatic carbocycles. The van der Waals surface area contributed by atoms with E-state index in [2.05, 4.69) is 0 Å². The van der Waals surface area contributed by atoms with Crippen LogP contribution >= 0.6 is 0 Å². The van der Waals surface area contributed by atoms with Crippen LogP contribution in [0.15, 0.2) is 78.9 Å². The standard InChI is InChI=1S/C22H23NO3/c23-26-15-14-20-12-7-13-21(24-16-18-8-3-1-4-9-18)22(20)25-17-19-10-5-2-6-11-19/h1-13H,14-17,23H2. The summed E-state index contributed by atoms with van der Waals surface area (Å²) in [5, 5.41) is 0. The van der Waals surface area contributed by atoms with Crippen molar-refractivity contribution in [2.24, 2.45) is 5.90 Å². The molecule has 0 bridgehead atoms. The van der Waals surface area contributed by atoms with Crippen LogP contribution in [0.4, 0.5) is 0 Å². The fourth-order valence-corrected chi connectivity index (χ4v) is 2.67. The fraction of sp³-hybridized carbons (Fsp3) is 0.182. The van der Waals surface area contributed by atoms with Gasteiger partial charge in [0.1, 0.15) is 13.2 Å². The van der Waals surface area contributed by atoms with Crippen molar-refractivity contribution in [3.05, 3.63) is 95.6 Å². The van der Waals surface area contributed by atoms with E-state index in [4.69, 9.17) is 20.2 Å². The van der Waals surface area contributed by atoms with Crippen molar-refractivity contribution in [2.45, 2.75) is 19.6 Å². The molecule has 26 heavy (non-hydrogen) atoms.